The zero-order valence-electron chi connectivity index (χ0n) is 17.4. The van der Waals surface area contributed by atoms with Crippen LogP contribution in [-0.2, 0) is 10.9 Å². The number of carbonyl (C=O) groups is 3. The second-order valence-corrected chi connectivity index (χ2v) is 6.92. The zero-order valence-corrected chi connectivity index (χ0v) is 17.4. The van der Waals surface area contributed by atoms with Gasteiger partial charge in [0.15, 0.2) is 0 Å². The Balaban J connectivity index is 1.74. The van der Waals surface area contributed by atoms with Crippen LogP contribution in [0.15, 0.2) is 42.5 Å². The van der Waals surface area contributed by atoms with Crippen LogP contribution in [0.2, 0.25) is 0 Å². The summed E-state index contributed by atoms with van der Waals surface area (Å²) in [5, 5.41) is 6.32. The van der Waals surface area contributed by atoms with Crippen molar-refractivity contribution >= 4 is 29.4 Å². The fourth-order valence-corrected chi connectivity index (χ4v) is 3.22. The monoisotopic (exact) mass is 468 g/mol. The van der Waals surface area contributed by atoms with E-state index in [1.54, 1.807) is 6.92 Å². The average Bonchev–Trinajstić information content (AvgIpc) is 3.25. The third kappa shape index (κ3) is 5.51. The van der Waals surface area contributed by atoms with Crippen LogP contribution in [0.1, 0.15) is 29.3 Å². The number of hydrogen-bond donors (Lipinski definition) is 2. The molecule has 12 heteroatoms. The van der Waals surface area contributed by atoms with Crippen molar-refractivity contribution in [2.45, 2.75) is 19.5 Å². The molecule has 1 aliphatic rings. The number of halogens is 4. The lowest BCUT2D eigenvalue weighted by Crippen LogP contribution is -2.48. The van der Waals surface area contributed by atoms with Gasteiger partial charge < -0.3 is 15.4 Å². The molecular formula is C21H20F4N4O4. The predicted molar refractivity (Wildman–Crippen MR) is 110 cm³/mol. The second-order valence-electron chi connectivity index (χ2n) is 6.92. The summed E-state index contributed by atoms with van der Waals surface area (Å²) < 4.78 is 58.6. The summed E-state index contributed by atoms with van der Waals surface area (Å²) in [7, 11) is 0. The van der Waals surface area contributed by atoms with Crippen molar-refractivity contribution in [3.8, 4) is 0 Å². The van der Waals surface area contributed by atoms with Gasteiger partial charge in [-0.3, -0.25) is 0 Å². The normalized spacial score (nSPS) is 13.6. The first-order chi connectivity index (χ1) is 15.6. The minimum atomic E-state index is -4.89. The molecule has 8 nitrogen and oxygen atoms in total. The van der Waals surface area contributed by atoms with Crippen LogP contribution < -0.4 is 10.6 Å². The Bertz CT molecular complexity index is 1060. The summed E-state index contributed by atoms with van der Waals surface area (Å²) >= 11 is 0. The number of rotatable bonds is 4. The number of hydrazine groups is 1. The third-order valence-electron chi connectivity index (χ3n) is 4.68. The largest absolute Gasteiger partial charge is 0.462 e. The van der Waals surface area contributed by atoms with Crippen LogP contribution in [0.5, 0.6) is 0 Å². The summed E-state index contributed by atoms with van der Waals surface area (Å²) in [5.41, 5.74) is -1.93. The Morgan fingerprint density at radius 3 is 2.27 bits per heavy atom. The van der Waals surface area contributed by atoms with Crippen LogP contribution in [0.4, 0.5) is 38.5 Å². The van der Waals surface area contributed by atoms with Gasteiger partial charge in [0.05, 0.1) is 23.4 Å². The van der Waals surface area contributed by atoms with Crippen LogP contribution in [-0.4, -0.2) is 47.7 Å². The molecule has 1 saturated heterocycles. The molecule has 176 valence electrons. The highest BCUT2D eigenvalue weighted by Gasteiger charge is 2.37. The van der Waals surface area contributed by atoms with Crippen molar-refractivity contribution in [1.82, 2.24) is 10.0 Å². The Morgan fingerprint density at radius 2 is 1.64 bits per heavy atom. The van der Waals surface area contributed by atoms with E-state index < -0.39 is 41.3 Å². The lowest BCUT2D eigenvalue weighted by molar-refractivity contribution is -0.137. The van der Waals surface area contributed by atoms with Gasteiger partial charge in [-0.15, -0.1) is 0 Å². The van der Waals surface area contributed by atoms with Crippen molar-refractivity contribution in [2.75, 3.05) is 30.3 Å². The summed E-state index contributed by atoms with van der Waals surface area (Å²) in [5.74, 6) is -1.84. The quantitative estimate of drug-likeness (QED) is 0.503. The lowest BCUT2D eigenvalue weighted by Gasteiger charge is -2.28. The smallest absolute Gasteiger partial charge is 0.418 e. The van der Waals surface area contributed by atoms with E-state index in [0.717, 1.165) is 22.2 Å². The Labute approximate surface area is 186 Å². The molecule has 0 spiro atoms. The van der Waals surface area contributed by atoms with Gasteiger partial charge in [-0.2, -0.15) is 13.2 Å². The summed E-state index contributed by atoms with van der Waals surface area (Å²) in [6.45, 7) is 1.94. The van der Waals surface area contributed by atoms with E-state index >= 15 is 0 Å². The number of benzene rings is 2. The molecule has 1 fully saturated rings. The summed E-state index contributed by atoms with van der Waals surface area (Å²) in [4.78, 5) is 37.2. The van der Waals surface area contributed by atoms with Crippen LogP contribution in [0, 0.1) is 5.82 Å². The molecule has 3 rings (SSSR count). The molecule has 1 aliphatic heterocycles. The number of esters is 1. The van der Waals surface area contributed by atoms with Gasteiger partial charge in [0.25, 0.3) is 0 Å². The number of amides is 4. The first-order valence-electron chi connectivity index (χ1n) is 9.91. The van der Waals surface area contributed by atoms with E-state index in [2.05, 4.69) is 5.32 Å². The van der Waals surface area contributed by atoms with E-state index in [-0.39, 0.29) is 30.9 Å². The van der Waals surface area contributed by atoms with Crippen LogP contribution in [0.3, 0.4) is 0 Å². The average molecular weight is 468 g/mol. The molecule has 0 saturated carbocycles. The fourth-order valence-electron chi connectivity index (χ4n) is 3.22. The van der Waals surface area contributed by atoms with Gasteiger partial charge in [0.2, 0.25) is 0 Å². The minimum Gasteiger partial charge on any atom is -0.462 e. The number of ether oxygens (including phenoxy) is 1. The second kappa shape index (κ2) is 9.76. The Hall–Kier alpha value is -3.83. The van der Waals surface area contributed by atoms with E-state index in [0.29, 0.717) is 12.5 Å². The molecule has 0 unspecified atom stereocenters. The maximum atomic E-state index is 14.1. The molecule has 2 aromatic rings. The molecule has 2 aromatic carbocycles. The van der Waals surface area contributed by atoms with E-state index in [9.17, 15) is 31.9 Å². The number of hydrogen-bond acceptors (Lipinski definition) is 4. The number of carbonyl (C=O) groups excluding carboxylic acids is 3. The van der Waals surface area contributed by atoms with Crippen molar-refractivity contribution in [3.63, 3.8) is 0 Å². The van der Waals surface area contributed by atoms with Gasteiger partial charge in [-0.25, -0.2) is 28.8 Å². The minimum absolute atomic E-state index is 0.0257. The number of anilines is 2. The number of nitrogens with one attached hydrogen (secondary N) is 2. The predicted octanol–water partition coefficient (Wildman–Crippen LogP) is 4.71. The molecular weight excluding hydrogens is 448 g/mol. The van der Waals surface area contributed by atoms with E-state index in [4.69, 9.17) is 4.74 Å². The molecule has 0 bridgehead atoms. The zero-order chi connectivity index (χ0) is 24.2. The molecule has 0 atom stereocenters. The highest BCUT2D eigenvalue weighted by Crippen LogP contribution is 2.36. The highest BCUT2D eigenvalue weighted by atomic mass is 19.4. The third-order valence-corrected chi connectivity index (χ3v) is 4.68. The van der Waals surface area contributed by atoms with Crippen molar-refractivity contribution < 1.29 is 36.7 Å². The van der Waals surface area contributed by atoms with E-state index in [1.165, 1.54) is 24.3 Å². The number of urea groups is 2. The first kappa shape index (κ1) is 23.8. The van der Waals surface area contributed by atoms with Crippen molar-refractivity contribution in [3.05, 3.63) is 59.4 Å². The molecule has 0 aromatic heterocycles. The van der Waals surface area contributed by atoms with Crippen LogP contribution in [0.25, 0.3) is 0 Å². The van der Waals surface area contributed by atoms with Gasteiger partial charge in [-0.05, 0) is 43.7 Å². The molecule has 0 radical (unpaired) electrons. The summed E-state index contributed by atoms with van der Waals surface area (Å²) in [6.07, 6.45) is -4.54. The number of alkyl halides is 3. The number of nitrogens with zero attached hydrogens (tertiary/aromatic N) is 2. The van der Waals surface area contributed by atoms with Gasteiger partial charge in [0.1, 0.15) is 5.82 Å². The standard InChI is InChI=1S/C21H20F4N4O4/c1-2-33-18(30)13-6-3-7-14(12-13)26-19(31)28-10-5-11-29(28)20(32)27-17-15(21(23,24)25)8-4-9-16(17)22/h3-4,6-9,12H,2,5,10-11H2,1H3,(H,26,31)(H,27,32). The molecule has 2 N–H and O–H groups in total. The SMILES string of the molecule is CCOC(=O)c1cccc(NC(=O)N2CCCN2C(=O)Nc2c(F)cccc2C(F)(F)F)c1. The molecule has 0 aliphatic carbocycles. The first-order valence-corrected chi connectivity index (χ1v) is 9.91. The molecule has 4 amide bonds. The summed E-state index contributed by atoms with van der Waals surface area (Å²) in [6, 6.07) is 6.37. The van der Waals surface area contributed by atoms with Crippen molar-refractivity contribution in [1.29, 1.82) is 0 Å². The highest BCUT2D eigenvalue weighted by molar-refractivity contribution is 5.96. The van der Waals surface area contributed by atoms with Gasteiger partial charge in [0, 0.05) is 18.8 Å². The fraction of sp³-hybridized carbons (Fsp3) is 0.286. The van der Waals surface area contributed by atoms with E-state index in [1.807, 2.05) is 5.32 Å². The Kier molecular flexibility index (Phi) is 7.04. The van der Waals surface area contributed by atoms with Gasteiger partial charge >= 0.3 is 24.2 Å². The maximum absolute atomic E-state index is 14.1. The van der Waals surface area contributed by atoms with Crippen LogP contribution >= 0.6 is 0 Å². The van der Waals surface area contributed by atoms with Gasteiger partial charge in [-0.1, -0.05) is 12.1 Å². The number of para-hydroxylation sites is 1. The molecule has 33 heavy (non-hydrogen) atoms. The van der Waals surface area contributed by atoms with Crippen molar-refractivity contribution in [2.24, 2.45) is 0 Å². The lowest BCUT2D eigenvalue weighted by atomic mass is 10.1. The maximum Gasteiger partial charge on any atom is 0.418 e. The topological polar surface area (TPSA) is 91.0 Å². The molecule has 1 heterocycles. The Morgan fingerprint density at radius 1 is 1.00 bits per heavy atom.